The van der Waals surface area contributed by atoms with Gasteiger partial charge in [0.25, 0.3) is 0 Å². The van der Waals surface area contributed by atoms with Gasteiger partial charge in [0.15, 0.2) is 0 Å². The van der Waals surface area contributed by atoms with Gasteiger partial charge in [0.2, 0.25) is 0 Å². The van der Waals surface area contributed by atoms with Crippen molar-refractivity contribution in [3.05, 3.63) is 112 Å². The molecule has 1 heterocycles. The fourth-order valence-electron chi connectivity index (χ4n) is 4.57. The molecule has 246 valence electrons. The summed E-state index contributed by atoms with van der Waals surface area (Å²) in [5.74, 6) is -2.27. The summed E-state index contributed by atoms with van der Waals surface area (Å²) in [6, 6.07) is 20.1. The Hall–Kier alpha value is -3.34. The van der Waals surface area contributed by atoms with Crippen molar-refractivity contribution >= 4 is 39.9 Å². The second-order valence-corrected chi connectivity index (χ2v) is 13.0. The number of hydrogen-bond donors (Lipinski definition) is 2. The van der Waals surface area contributed by atoms with Gasteiger partial charge in [-0.25, -0.2) is 17.6 Å². The van der Waals surface area contributed by atoms with E-state index in [0.29, 0.717) is 5.56 Å². The summed E-state index contributed by atoms with van der Waals surface area (Å²) >= 11 is 2.81. The molecule has 0 atom stereocenters. The third kappa shape index (κ3) is 9.59. The molecule has 1 aliphatic heterocycles. The average Bonchev–Trinajstić information content (AvgIpc) is 3.22. The van der Waals surface area contributed by atoms with Crippen LogP contribution in [0.2, 0.25) is 0 Å². The minimum atomic E-state index is -0.617. The van der Waals surface area contributed by atoms with E-state index < -0.39 is 23.3 Å². The zero-order chi connectivity index (χ0) is 34.2. The number of benzene rings is 4. The summed E-state index contributed by atoms with van der Waals surface area (Å²) in [4.78, 5) is 0. The predicted octanol–water partition coefficient (Wildman–Crippen LogP) is 9.41. The van der Waals surface area contributed by atoms with Gasteiger partial charge in [-0.15, -0.1) is 0 Å². The van der Waals surface area contributed by atoms with Gasteiger partial charge in [0.1, 0.15) is 23.3 Å². The lowest BCUT2D eigenvalue weighted by molar-refractivity contribution is 0.00578. The molecular formula is C36H42BBrF4N2O2. The highest BCUT2D eigenvalue weighted by molar-refractivity contribution is 9.10. The van der Waals surface area contributed by atoms with E-state index in [1.165, 1.54) is 17.5 Å². The van der Waals surface area contributed by atoms with Gasteiger partial charge >= 0.3 is 7.12 Å². The van der Waals surface area contributed by atoms with Gasteiger partial charge in [-0.05, 0) is 90.8 Å². The number of nitrogens with two attached hydrogens (primary N) is 2. The third-order valence-electron chi connectivity index (χ3n) is 7.97. The molecule has 4 aromatic rings. The van der Waals surface area contributed by atoms with Crippen LogP contribution in [0.15, 0.2) is 77.3 Å². The summed E-state index contributed by atoms with van der Waals surface area (Å²) in [5.41, 5.74) is 14.1. The largest absolute Gasteiger partial charge is 0.494 e. The fourth-order valence-corrected chi connectivity index (χ4v) is 4.89. The maximum atomic E-state index is 13.7. The van der Waals surface area contributed by atoms with Crippen LogP contribution in [0.4, 0.5) is 28.9 Å². The number of aryl methyl sites for hydroxylation is 2. The molecule has 1 aliphatic rings. The third-order valence-corrected chi connectivity index (χ3v) is 8.58. The molecule has 5 rings (SSSR count). The van der Waals surface area contributed by atoms with Crippen molar-refractivity contribution in [1.29, 1.82) is 0 Å². The molecule has 10 heteroatoms. The Labute approximate surface area is 278 Å². The van der Waals surface area contributed by atoms with Crippen molar-refractivity contribution in [3.63, 3.8) is 0 Å². The SMILES string of the molecule is CCCc1ccc(-c2cc(F)c(N)cc2F)cc1.CCCc1ccc(B2OC(C)(C)C(C)(C)O2)cc1.Nc1cc(F)c(Br)cc1F. The number of nitrogen functional groups attached to an aromatic ring is 2. The molecule has 4 N–H and O–H groups in total. The first-order valence-electron chi connectivity index (χ1n) is 15.3. The highest BCUT2D eigenvalue weighted by Gasteiger charge is 2.51. The molecule has 0 spiro atoms. The number of hydrogen-bond acceptors (Lipinski definition) is 4. The van der Waals surface area contributed by atoms with E-state index in [0.717, 1.165) is 49.0 Å². The lowest BCUT2D eigenvalue weighted by Gasteiger charge is -2.32. The first-order chi connectivity index (χ1) is 21.6. The molecule has 0 unspecified atom stereocenters. The first-order valence-corrected chi connectivity index (χ1v) is 16.1. The smallest absolute Gasteiger partial charge is 0.399 e. The van der Waals surface area contributed by atoms with E-state index in [-0.39, 0.29) is 39.7 Å². The molecule has 4 nitrogen and oxygen atoms in total. The summed E-state index contributed by atoms with van der Waals surface area (Å²) in [7, 11) is -0.245. The lowest BCUT2D eigenvalue weighted by Crippen LogP contribution is -2.41. The fraction of sp³-hybridized carbons (Fsp3) is 0.333. The van der Waals surface area contributed by atoms with Crippen LogP contribution in [-0.2, 0) is 22.2 Å². The van der Waals surface area contributed by atoms with E-state index in [2.05, 4.69) is 81.7 Å². The molecule has 4 aromatic carbocycles. The van der Waals surface area contributed by atoms with Crippen LogP contribution in [0.1, 0.15) is 65.5 Å². The molecular weight excluding hydrogens is 659 g/mol. The van der Waals surface area contributed by atoms with Crippen LogP contribution < -0.4 is 16.9 Å². The van der Waals surface area contributed by atoms with Crippen molar-refractivity contribution in [1.82, 2.24) is 0 Å². The van der Waals surface area contributed by atoms with E-state index in [9.17, 15) is 17.6 Å². The van der Waals surface area contributed by atoms with Gasteiger partial charge in [0, 0.05) is 17.7 Å². The molecule has 0 radical (unpaired) electrons. The molecule has 1 fully saturated rings. The van der Waals surface area contributed by atoms with Gasteiger partial charge in [-0.1, -0.05) is 75.2 Å². The van der Waals surface area contributed by atoms with Crippen LogP contribution in [-0.4, -0.2) is 18.3 Å². The van der Waals surface area contributed by atoms with Crippen LogP contribution in [0.3, 0.4) is 0 Å². The standard InChI is InChI=1S/C15H23BO2.C15H15F2N.C6H4BrF2N/c1-6-7-12-8-10-13(11-9-12)16-17-14(2,3)15(4,5)18-16;1-2-3-10-4-6-11(7-5-10)12-8-14(17)15(18)9-13(12)16;7-3-1-5(9)6(10)2-4(3)8/h8-11H,6-7H2,1-5H3;4-9H,2-3,18H2,1H3;1-2H,10H2. The highest BCUT2D eigenvalue weighted by atomic mass is 79.9. The van der Waals surface area contributed by atoms with Gasteiger partial charge < -0.3 is 20.8 Å². The number of anilines is 2. The van der Waals surface area contributed by atoms with E-state index >= 15 is 0 Å². The Morgan fingerprint density at radius 3 is 1.52 bits per heavy atom. The van der Waals surface area contributed by atoms with Crippen molar-refractivity contribution in [2.75, 3.05) is 11.5 Å². The van der Waals surface area contributed by atoms with Crippen LogP contribution >= 0.6 is 15.9 Å². The number of rotatable bonds is 6. The maximum absolute atomic E-state index is 13.7. The summed E-state index contributed by atoms with van der Waals surface area (Å²) in [6.07, 6.45) is 4.35. The van der Waals surface area contributed by atoms with E-state index in [1.54, 1.807) is 12.1 Å². The zero-order valence-electron chi connectivity index (χ0n) is 27.2. The Kier molecular flexibility index (Phi) is 12.9. The van der Waals surface area contributed by atoms with Gasteiger partial charge in [-0.2, -0.15) is 0 Å². The monoisotopic (exact) mass is 700 g/mol. The quantitative estimate of drug-likeness (QED) is 0.0910. The highest BCUT2D eigenvalue weighted by Crippen LogP contribution is 2.36. The molecule has 0 amide bonds. The van der Waals surface area contributed by atoms with Gasteiger partial charge in [-0.3, -0.25) is 0 Å². The number of halogens is 5. The minimum Gasteiger partial charge on any atom is -0.399 e. The van der Waals surface area contributed by atoms with Crippen molar-refractivity contribution in [2.24, 2.45) is 0 Å². The molecule has 0 aromatic heterocycles. The molecule has 0 aliphatic carbocycles. The Bertz CT molecular complexity index is 1530. The van der Waals surface area contributed by atoms with Crippen LogP contribution in [0.5, 0.6) is 0 Å². The van der Waals surface area contributed by atoms with Crippen molar-refractivity contribution in [3.8, 4) is 11.1 Å². The Morgan fingerprint density at radius 2 is 1.07 bits per heavy atom. The van der Waals surface area contributed by atoms with Crippen molar-refractivity contribution in [2.45, 2.75) is 78.4 Å². The molecule has 0 bridgehead atoms. The second-order valence-electron chi connectivity index (χ2n) is 12.2. The average molecular weight is 701 g/mol. The first kappa shape index (κ1) is 37.1. The molecule has 0 saturated carbocycles. The molecule has 46 heavy (non-hydrogen) atoms. The molecule has 1 saturated heterocycles. The van der Waals surface area contributed by atoms with Crippen molar-refractivity contribution < 1.29 is 26.9 Å². The Balaban J connectivity index is 0.000000196. The minimum absolute atomic E-state index is 0.0826. The van der Waals surface area contributed by atoms with E-state index in [1.807, 2.05) is 12.1 Å². The lowest BCUT2D eigenvalue weighted by atomic mass is 9.79. The maximum Gasteiger partial charge on any atom is 0.494 e. The van der Waals surface area contributed by atoms with E-state index in [4.69, 9.17) is 20.8 Å². The Morgan fingerprint density at radius 1 is 0.630 bits per heavy atom. The summed E-state index contributed by atoms with van der Waals surface area (Å²) < 4.78 is 64.1. The van der Waals surface area contributed by atoms with Crippen LogP contribution in [0, 0.1) is 23.3 Å². The van der Waals surface area contributed by atoms with Gasteiger partial charge in [0.05, 0.1) is 27.0 Å². The topological polar surface area (TPSA) is 70.5 Å². The normalized spacial score (nSPS) is 14.6. The summed E-state index contributed by atoms with van der Waals surface area (Å²) in [6.45, 7) is 12.6. The summed E-state index contributed by atoms with van der Waals surface area (Å²) in [5, 5.41) is 0. The van der Waals surface area contributed by atoms with Crippen LogP contribution in [0.25, 0.3) is 11.1 Å². The predicted molar refractivity (Wildman–Crippen MR) is 185 cm³/mol. The zero-order valence-corrected chi connectivity index (χ0v) is 28.8. The second kappa shape index (κ2) is 16.0.